The molecule has 1 aromatic heterocycles. The van der Waals surface area contributed by atoms with Crippen LogP contribution < -0.4 is 16.6 Å². The molecule has 1 saturated heterocycles. The van der Waals surface area contributed by atoms with Gasteiger partial charge >= 0.3 is 0 Å². The molecule has 1 fully saturated rings. The number of hydrogen-bond donors (Lipinski definition) is 3. The van der Waals surface area contributed by atoms with Gasteiger partial charge in [-0.05, 0) is 0 Å². The van der Waals surface area contributed by atoms with Gasteiger partial charge in [-0.15, -0.1) is 5.10 Å². The Morgan fingerprint density at radius 2 is 2.53 bits per heavy atom. The van der Waals surface area contributed by atoms with Crippen LogP contribution in [0.4, 0.5) is 5.00 Å². The van der Waals surface area contributed by atoms with Gasteiger partial charge in [-0.1, -0.05) is 4.49 Å². The predicted molar refractivity (Wildman–Crippen MR) is 56.0 cm³/mol. The number of amides is 1. The molecule has 0 atom stereocenters. The lowest BCUT2D eigenvalue weighted by atomic mass is 10.3. The number of nitrogens with zero attached hydrogens (tertiary/aromatic N) is 3. The van der Waals surface area contributed by atoms with Crippen LogP contribution in [-0.4, -0.2) is 40.0 Å². The second kappa shape index (κ2) is 4.51. The van der Waals surface area contributed by atoms with E-state index in [0.717, 1.165) is 17.2 Å². The number of hydrogen-bond acceptors (Lipinski definition) is 7. The van der Waals surface area contributed by atoms with Crippen LogP contribution in [0.25, 0.3) is 0 Å². The molecular formula is C7H12N6OS. The SMILES string of the molecule is NNc1snnc1CN1CCNC(=O)C1. The van der Waals surface area contributed by atoms with Crippen molar-refractivity contribution < 1.29 is 4.79 Å². The van der Waals surface area contributed by atoms with E-state index in [-0.39, 0.29) is 5.91 Å². The summed E-state index contributed by atoms with van der Waals surface area (Å²) in [6.07, 6.45) is 0. The first-order valence-electron chi connectivity index (χ1n) is 4.56. The van der Waals surface area contributed by atoms with Crippen molar-refractivity contribution in [3.8, 4) is 0 Å². The van der Waals surface area contributed by atoms with E-state index in [1.54, 1.807) is 0 Å². The molecule has 8 heteroatoms. The van der Waals surface area contributed by atoms with Crippen molar-refractivity contribution in [3.05, 3.63) is 5.69 Å². The highest BCUT2D eigenvalue weighted by Gasteiger charge is 2.18. The fourth-order valence-corrected chi connectivity index (χ4v) is 1.94. The minimum atomic E-state index is 0.0479. The van der Waals surface area contributed by atoms with Gasteiger partial charge < -0.3 is 10.7 Å². The monoisotopic (exact) mass is 228 g/mol. The molecule has 7 nitrogen and oxygen atoms in total. The van der Waals surface area contributed by atoms with Crippen LogP contribution in [0.3, 0.4) is 0 Å². The average molecular weight is 228 g/mol. The number of carbonyl (C=O) groups excluding carboxylic acids is 1. The first-order chi connectivity index (χ1) is 7.29. The highest BCUT2D eigenvalue weighted by atomic mass is 32.1. The van der Waals surface area contributed by atoms with Gasteiger partial charge in [0.1, 0.15) is 10.7 Å². The van der Waals surface area contributed by atoms with Crippen molar-refractivity contribution in [2.45, 2.75) is 6.54 Å². The van der Waals surface area contributed by atoms with E-state index in [4.69, 9.17) is 5.84 Å². The zero-order valence-corrected chi connectivity index (χ0v) is 8.88. The first kappa shape index (κ1) is 10.3. The standard InChI is InChI=1S/C7H12N6OS/c8-10-7-5(11-12-15-7)3-13-2-1-9-6(14)4-13/h10H,1-4,8H2,(H,9,14). The van der Waals surface area contributed by atoms with Crippen molar-refractivity contribution in [2.24, 2.45) is 5.84 Å². The van der Waals surface area contributed by atoms with Gasteiger partial charge in [0.05, 0.1) is 6.54 Å². The van der Waals surface area contributed by atoms with Crippen LogP contribution in [0.2, 0.25) is 0 Å². The lowest BCUT2D eigenvalue weighted by Crippen LogP contribution is -2.47. The van der Waals surface area contributed by atoms with E-state index in [1.807, 2.05) is 4.90 Å². The van der Waals surface area contributed by atoms with E-state index in [1.165, 1.54) is 11.5 Å². The second-order valence-corrected chi connectivity index (χ2v) is 4.01. The average Bonchev–Trinajstić information content (AvgIpc) is 2.65. The maximum Gasteiger partial charge on any atom is 0.234 e. The number of anilines is 1. The van der Waals surface area contributed by atoms with E-state index in [9.17, 15) is 4.79 Å². The van der Waals surface area contributed by atoms with Crippen molar-refractivity contribution >= 4 is 22.4 Å². The lowest BCUT2D eigenvalue weighted by molar-refractivity contribution is -0.124. The van der Waals surface area contributed by atoms with Crippen LogP contribution in [0.5, 0.6) is 0 Å². The Hall–Kier alpha value is -1.25. The molecule has 0 spiro atoms. The zero-order chi connectivity index (χ0) is 10.7. The van der Waals surface area contributed by atoms with E-state index >= 15 is 0 Å². The third-order valence-corrected chi connectivity index (χ3v) is 2.88. The first-order valence-corrected chi connectivity index (χ1v) is 5.34. The molecule has 0 unspecified atom stereocenters. The molecule has 1 aliphatic rings. The van der Waals surface area contributed by atoms with Gasteiger partial charge in [0, 0.05) is 31.2 Å². The Morgan fingerprint density at radius 3 is 3.27 bits per heavy atom. The Bertz CT molecular complexity index is 353. The molecule has 0 bridgehead atoms. The number of piperazine rings is 1. The quantitative estimate of drug-likeness (QED) is 0.442. The Kier molecular flexibility index (Phi) is 3.09. The zero-order valence-electron chi connectivity index (χ0n) is 8.06. The minimum Gasteiger partial charge on any atom is -0.354 e. The summed E-state index contributed by atoms with van der Waals surface area (Å²) < 4.78 is 3.80. The maximum atomic E-state index is 11.1. The minimum absolute atomic E-state index is 0.0479. The smallest absolute Gasteiger partial charge is 0.234 e. The number of nitrogen functional groups attached to an aromatic ring is 1. The molecule has 0 aliphatic carbocycles. The van der Waals surface area contributed by atoms with Gasteiger partial charge in [0.15, 0.2) is 0 Å². The number of rotatable bonds is 3. The summed E-state index contributed by atoms with van der Waals surface area (Å²) in [6, 6.07) is 0. The summed E-state index contributed by atoms with van der Waals surface area (Å²) in [7, 11) is 0. The molecule has 0 radical (unpaired) electrons. The summed E-state index contributed by atoms with van der Waals surface area (Å²) in [6.45, 7) is 2.51. The van der Waals surface area contributed by atoms with Gasteiger partial charge in [0.2, 0.25) is 5.91 Å². The van der Waals surface area contributed by atoms with Gasteiger partial charge in [0.25, 0.3) is 0 Å². The third-order valence-electron chi connectivity index (χ3n) is 2.18. The topological polar surface area (TPSA) is 96.2 Å². The predicted octanol–water partition coefficient (Wildman–Crippen LogP) is -1.24. The Balaban J connectivity index is 1.98. The van der Waals surface area contributed by atoms with E-state index < -0.39 is 0 Å². The summed E-state index contributed by atoms with van der Waals surface area (Å²) in [5.74, 6) is 5.36. The normalized spacial score (nSPS) is 17.5. The van der Waals surface area contributed by atoms with Crippen LogP contribution in [0.1, 0.15) is 5.69 Å². The molecule has 1 aromatic rings. The Morgan fingerprint density at radius 1 is 1.67 bits per heavy atom. The van der Waals surface area contributed by atoms with Crippen molar-refractivity contribution in [1.82, 2.24) is 19.8 Å². The lowest BCUT2D eigenvalue weighted by Gasteiger charge is -2.25. The number of nitrogens with two attached hydrogens (primary N) is 1. The van der Waals surface area contributed by atoms with Crippen LogP contribution in [-0.2, 0) is 11.3 Å². The number of hydrazine groups is 1. The molecule has 0 saturated carbocycles. The van der Waals surface area contributed by atoms with Gasteiger partial charge in [-0.25, -0.2) is 5.84 Å². The summed E-state index contributed by atoms with van der Waals surface area (Å²) in [5, 5.41) is 7.48. The van der Waals surface area contributed by atoms with E-state index in [2.05, 4.69) is 20.3 Å². The number of aromatic nitrogens is 2. The fourth-order valence-electron chi connectivity index (χ4n) is 1.46. The molecule has 1 aliphatic heterocycles. The molecular weight excluding hydrogens is 216 g/mol. The largest absolute Gasteiger partial charge is 0.354 e. The number of nitrogens with one attached hydrogen (secondary N) is 2. The Labute approximate surface area is 90.8 Å². The molecule has 15 heavy (non-hydrogen) atoms. The van der Waals surface area contributed by atoms with Crippen molar-refractivity contribution in [2.75, 3.05) is 25.1 Å². The molecule has 82 valence electrons. The second-order valence-electron chi connectivity index (χ2n) is 3.25. The maximum absolute atomic E-state index is 11.1. The highest BCUT2D eigenvalue weighted by molar-refractivity contribution is 7.10. The van der Waals surface area contributed by atoms with Gasteiger partial charge in [-0.3, -0.25) is 9.69 Å². The molecule has 0 aromatic carbocycles. The molecule has 2 heterocycles. The van der Waals surface area contributed by atoms with Crippen molar-refractivity contribution in [1.29, 1.82) is 0 Å². The summed E-state index contributed by atoms with van der Waals surface area (Å²) >= 11 is 1.21. The fraction of sp³-hybridized carbons (Fsp3) is 0.571. The molecule has 4 N–H and O–H groups in total. The van der Waals surface area contributed by atoms with Crippen LogP contribution in [0.15, 0.2) is 0 Å². The molecule has 2 rings (SSSR count). The summed E-state index contributed by atoms with van der Waals surface area (Å²) in [4.78, 5) is 13.1. The third kappa shape index (κ3) is 2.41. The van der Waals surface area contributed by atoms with Crippen LogP contribution >= 0.6 is 11.5 Å². The summed E-state index contributed by atoms with van der Waals surface area (Å²) in [5.41, 5.74) is 3.33. The van der Waals surface area contributed by atoms with Crippen LogP contribution in [0, 0.1) is 0 Å². The van der Waals surface area contributed by atoms with Crippen molar-refractivity contribution in [3.63, 3.8) is 0 Å². The number of carbonyl (C=O) groups is 1. The van der Waals surface area contributed by atoms with E-state index in [0.29, 0.717) is 19.6 Å². The molecule has 1 amide bonds. The van der Waals surface area contributed by atoms with Gasteiger partial charge in [-0.2, -0.15) is 0 Å². The highest BCUT2D eigenvalue weighted by Crippen LogP contribution is 2.17.